The van der Waals surface area contributed by atoms with Crippen molar-refractivity contribution < 1.29 is 9.53 Å². The molecule has 2 aliphatic heterocycles. The molecule has 114 valence electrons. The van der Waals surface area contributed by atoms with E-state index in [4.69, 9.17) is 16.3 Å². The summed E-state index contributed by atoms with van der Waals surface area (Å²) in [6.07, 6.45) is 4.95. The van der Waals surface area contributed by atoms with Crippen LogP contribution >= 0.6 is 11.6 Å². The standard InChI is InChI=1S/C16H21ClN2O2/c17-14-3-1-2-4-15(14)21-8-7-16(20)19-13-9-11-5-6-12(10-13)18-11/h1-4,11-13,18H,5-10H2,(H,19,20). The van der Waals surface area contributed by atoms with Gasteiger partial charge >= 0.3 is 0 Å². The van der Waals surface area contributed by atoms with Crippen LogP contribution in [0.3, 0.4) is 0 Å². The molecule has 2 N–H and O–H groups in total. The molecular weight excluding hydrogens is 288 g/mol. The van der Waals surface area contributed by atoms with Gasteiger partial charge in [0.25, 0.3) is 0 Å². The second-order valence-electron chi connectivity index (χ2n) is 5.90. The predicted octanol–water partition coefficient (Wildman–Crippen LogP) is 2.51. The molecule has 0 aromatic heterocycles. The third-order valence-electron chi connectivity index (χ3n) is 4.26. The molecule has 2 heterocycles. The van der Waals surface area contributed by atoms with Gasteiger partial charge in [0.05, 0.1) is 18.1 Å². The number of rotatable bonds is 5. The van der Waals surface area contributed by atoms with Crippen molar-refractivity contribution in [1.82, 2.24) is 10.6 Å². The van der Waals surface area contributed by atoms with Crippen LogP contribution in [0, 0.1) is 0 Å². The number of carbonyl (C=O) groups excluding carboxylic acids is 1. The Hall–Kier alpha value is -1.26. The molecule has 1 aromatic rings. The fraction of sp³-hybridized carbons (Fsp3) is 0.562. The maximum Gasteiger partial charge on any atom is 0.223 e. The number of hydrogen-bond acceptors (Lipinski definition) is 3. The summed E-state index contributed by atoms with van der Waals surface area (Å²) in [6.45, 7) is 0.355. The maximum atomic E-state index is 12.0. The van der Waals surface area contributed by atoms with E-state index in [-0.39, 0.29) is 5.91 Å². The Labute approximate surface area is 130 Å². The van der Waals surface area contributed by atoms with E-state index in [1.54, 1.807) is 6.07 Å². The van der Waals surface area contributed by atoms with Crippen LogP contribution in [0.1, 0.15) is 32.1 Å². The Bertz CT molecular complexity index is 497. The topological polar surface area (TPSA) is 50.4 Å². The number of hydrogen-bond donors (Lipinski definition) is 2. The zero-order valence-electron chi connectivity index (χ0n) is 12.0. The largest absolute Gasteiger partial charge is 0.491 e. The van der Waals surface area contributed by atoms with Crippen molar-refractivity contribution in [2.45, 2.75) is 50.2 Å². The number of fused-ring (bicyclic) bond motifs is 2. The summed E-state index contributed by atoms with van der Waals surface area (Å²) < 4.78 is 5.55. The minimum absolute atomic E-state index is 0.0633. The monoisotopic (exact) mass is 308 g/mol. The Morgan fingerprint density at radius 3 is 2.71 bits per heavy atom. The zero-order chi connectivity index (χ0) is 14.7. The van der Waals surface area contributed by atoms with Crippen LogP contribution in [0.5, 0.6) is 5.75 Å². The van der Waals surface area contributed by atoms with Crippen LogP contribution < -0.4 is 15.4 Å². The van der Waals surface area contributed by atoms with Crippen LogP contribution in [0.25, 0.3) is 0 Å². The van der Waals surface area contributed by atoms with Crippen LogP contribution in [-0.2, 0) is 4.79 Å². The second kappa shape index (κ2) is 6.67. The minimum Gasteiger partial charge on any atom is -0.491 e. The van der Waals surface area contributed by atoms with Gasteiger partial charge in [-0.05, 0) is 37.8 Å². The number of benzene rings is 1. The van der Waals surface area contributed by atoms with Gasteiger partial charge in [-0.15, -0.1) is 0 Å². The number of ether oxygens (including phenoxy) is 1. The highest BCUT2D eigenvalue weighted by atomic mass is 35.5. The van der Waals surface area contributed by atoms with E-state index in [2.05, 4.69) is 10.6 Å². The summed E-state index contributed by atoms with van der Waals surface area (Å²) in [5, 5.41) is 7.28. The van der Waals surface area contributed by atoms with E-state index in [0.717, 1.165) is 12.8 Å². The van der Waals surface area contributed by atoms with Gasteiger partial charge in [0.1, 0.15) is 5.75 Å². The Morgan fingerprint density at radius 2 is 2.00 bits per heavy atom. The summed E-state index contributed by atoms with van der Waals surface area (Å²) in [6, 6.07) is 8.81. The third kappa shape index (κ3) is 3.89. The van der Waals surface area contributed by atoms with Gasteiger partial charge in [0, 0.05) is 18.1 Å². The number of carbonyl (C=O) groups is 1. The van der Waals surface area contributed by atoms with Gasteiger partial charge < -0.3 is 15.4 Å². The van der Waals surface area contributed by atoms with Crippen LogP contribution in [-0.4, -0.2) is 30.6 Å². The van der Waals surface area contributed by atoms with Crippen molar-refractivity contribution in [2.75, 3.05) is 6.61 Å². The first kappa shape index (κ1) is 14.7. The lowest BCUT2D eigenvalue weighted by molar-refractivity contribution is -0.122. The Balaban J connectivity index is 1.40. The molecule has 2 saturated heterocycles. The number of piperidine rings is 1. The summed E-state index contributed by atoms with van der Waals surface area (Å²) in [7, 11) is 0. The molecule has 21 heavy (non-hydrogen) atoms. The molecule has 0 radical (unpaired) electrons. The summed E-state index contributed by atoms with van der Waals surface area (Å²) in [5.74, 6) is 0.695. The number of para-hydroxylation sites is 1. The molecule has 2 bridgehead atoms. The minimum atomic E-state index is 0.0633. The molecule has 2 aliphatic rings. The van der Waals surface area contributed by atoms with Gasteiger partial charge in [-0.2, -0.15) is 0 Å². The molecule has 0 saturated carbocycles. The Kier molecular flexibility index (Phi) is 4.66. The SMILES string of the molecule is O=C(CCOc1ccccc1Cl)NC1CC2CCC(C1)N2. The average Bonchev–Trinajstić information content (AvgIpc) is 2.80. The van der Waals surface area contributed by atoms with Crippen molar-refractivity contribution in [3.05, 3.63) is 29.3 Å². The predicted molar refractivity (Wildman–Crippen MR) is 82.7 cm³/mol. The normalized spacial score (nSPS) is 27.4. The van der Waals surface area contributed by atoms with Crippen molar-refractivity contribution in [3.8, 4) is 5.75 Å². The summed E-state index contributed by atoms with van der Waals surface area (Å²) in [4.78, 5) is 12.0. The molecule has 2 unspecified atom stereocenters. The summed E-state index contributed by atoms with van der Waals surface area (Å²) in [5.41, 5.74) is 0. The van der Waals surface area contributed by atoms with E-state index < -0.39 is 0 Å². The van der Waals surface area contributed by atoms with E-state index in [0.29, 0.717) is 41.9 Å². The third-order valence-corrected chi connectivity index (χ3v) is 4.57. The van der Waals surface area contributed by atoms with Crippen molar-refractivity contribution in [1.29, 1.82) is 0 Å². The quantitative estimate of drug-likeness (QED) is 0.879. The van der Waals surface area contributed by atoms with E-state index in [1.165, 1.54) is 12.8 Å². The highest BCUT2D eigenvalue weighted by Gasteiger charge is 2.33. The van der Waals surface area contributed by atoms with E-state index in [1.807, 2.05) is 18.2 Å². The highest BCUT2D eigenvalue weighted by molar-refractivity contribution is 6.32. The molecule has 3 rings (SSSR count). The van der Waals surface area contributed by atoms with Crippen molar-refractivity contribution in [3.63, 3.8) is 0 Å². The Morgan fingerprint density at radius 1 is 1.29 bits per heavy atom. The van der Waals surface area contributed by atoms with Crippen molar-refractivity contribution >= 4 is 17.5 Å². The van der Waals surface area contributed by atoms with Crippen LogP contribution in [0.4, 0.5) is 0 Å². The number of halogens is 1. The summed E-state index contributed by atoms with van der Waals surface area (Å²) >= 11 is 6.00. The first-order valence-electron chi connectivity index (χ1n) is 7.63. The smallest absolute Gasteiger partial charge is 0.223 e. The molecule has 0 spiro atoms. The molecule has 2 fully saturated rings. The number of nitrogens with one attached hydrogen (secondary N) is 2. The highest BCUT2D eigenvalue weighted by Crippen LogP contribution is 2.27. The molecule has 5 heteroatoms. The molecule has 1 amide bonds. The van der Waals surface area contributed by atoms with Crippen LogP contribution in [0.2, 0.25) is 5.02 Å². The fourth-order valence-corrected chi connectivity index (χ4v) is 3.48. The average molecular weight is 309 g/mol. The lowest BCUT2D eigenvalue weighted by atomic mass is 10.00. The van der Waals surface area contributed by atoms with E-state index >= 15 is 0 Å². The van der Waals surface area contributed by atoms with Gasteiger partial charge in [-0.25, -0.2) is 0 Å². The van der Waals surface area contributed by atoms with E-state index in [9.17, 15) is 4.79 Å². The zero-order valence-corrected chi connectivity index (χ0v) is 12.7. The van der Waals surface area contributed by atoms with Gasteiger partial charge in [0.2, 0.25) is 5.91 Å². The molecular formula is C16H21ClN2O2. The second-order valence-corrected chi connectivity index (χ2v) is 6.31. The molecule has 4 nitrogen and oxygen atoms in total. The lowest BCUT2D eigenvalue weighted by Crippen LogP contribution is -2.48. The fourth-order valence-electron chi connectivity index (χ4n) is 3.29. The van der Waals surface area contributed by atoms with Gasteiger partial charge in [-0.1, -0.05) is 23.7 Å². The first-order chi connectivity index (χ1) is 10.2. The van der Waals surface area contributed by atoms with Crippen molar-refractivity contribution in [2.24, 2.45) is 0 Å². The molecule has 2 atom stereocenters. The number of amides is 1. The molecule has 1 aromatic carbocycles. The maximum absolute atomic E-state index is 12.0. The van der Waals surface area contributed by atoms with Gasteiger partial charge in [-0.3, -0.25) is 4.79 Å². The molecule has 0 aliphatic carbocycles. The first-order valence-corrected chi connectivity index (χ1v) is 8.01. The van der Waals surface area contributed by atoms with Gasteiger partial charge in [0.15, 0.2) is 0 Å². The lowest BCUT2D eigenvalue weighted by Gasteiger charge is -2.29. The van der Waals surface area contributed by atoms with Crippen LogP contribution in [0.15, 0.2) is 24.3 Å².